The number of carbonyl (C=O) groups is 1. The average Bonchev–Trinajstić information content (AvgIpc) is 3.39. The van der Waals surface area contributed by atoms with Gasteiger partial charge in [-0.25, -0.2) is 0 Å². The van der Waals surface area contributed by atoms with Crippen molar-refractivity contribution in [3.63, 3.8) is 0 Å². The largest absolute Gasteiger partial charge is 0.294 e. The molecule has 0 spiro atoms. The summed E-state index contributed by atoms with van der Waals surface area (Å²) in [6.07, 6.45) is 4.88. The first-order valence-electron chi connectivity index (χ1n) is 7.54. The third-order valence-corrected chi connectivity index (χ3v) is 3.80. The Morgan fingerprint density at radius 1 is 1.05 bits per heavy atom. The first-order chi connectivity index (χ1) is 10.7. The van der Waals surface area contributed by atoms with E-state index in [0.717, 1.165) is 29.0 Å². The average molecular weight is 293 g/mol. The molecule has 0 atom stereocenters. The van der Waals surface area contributed by atoms with E-state index in [4.69, 9.17) is 0 Å². The molecule has 0 unspecified atom stereocenters. The first-order valence-corrected chi connectivity index (χ1v) is 7.54. The van der Waals surface area contributed by atoms with E-state index in [-0.39, 0.29) is 11.7 Å². The number of rotatable bonds is 6. The highest BCUT2D eigenvalue weighted by Crippen LogP contribution is 2.30. The summed E-state index contributed by atoms with van der Waals surface area (Å²) < 4.78 is 0. The van der Waals surface area contributed by atoms with Gasteiger partial charge in [0.1, 0.15) is 0 Å². The van der Waals surface area contributed by atoms with Crippen molar-refractivity contribution >= 4 is 5.78 Å². The Bertz CT molecular complexity index is 658. The van der Waals surface area contributed by atoms with Gasteiger partial charge < -0.3 is 0 Å². The van der Waals surface area contributed by atoms with Gasteiger partial charge in [0.25, 0.3) is 0 Å². The SMILES string of the molecule is O=C(/C=C\N(O)Cc1ccc(-c2ccccc2)cc1)C1CC1. The van der Waals surface area contributed by atoms with Crippen LogP contribution in [0, 0.1) is 5.92 Å². The molecular formula is C19H19NO2. The van der Waals surface area contributed by atoms with E-state index in [9.17, 15) is 10.0 Å². The molecule has 0 aliphatic heterocycles. The molecule has 1 saturated carbocycles. The Labute approximate surface area is 130 Å². The molecule has 0 bridgehead atoms. The van der Waals surface area contributed by atoms with Crippen LogP contribution in [0.3, 0.4) is 0 Å². The van der Waals surface area contributed by atoms with Gasteiger partial charge in [-0.05, 0) is 35.6 Å². The third kappa shape index (κ3) is 3.83. The van der Waals surface area contributed by atoms with Crippen molar-refractivity contribution in [1.82, 2.24) is 5.06 Å². The summed E-state index contributed by atoms with van der Waals surface area (Å²) in [6, 6.07) is 18.2. The third-order valence-electron chi connectivity index (χ3n) is 3.80. The van der Waals surface area contributed by atoms with E-state index in [1.54, 1.807) is 0 Å². The predicted octanol–water partition coefficient (Wildman–Crippen LogP) is 4.04. The standard InChI is InChI=1S/C19H19NO2/c21-19(18-10-11-18)12-13-20(22)14-15-6-8-17(9-7-15)16-4-2-1-3-5-16/h1-9,12-13,18,22H,10-11,14H2/b13-12-. The summed E-state index contributed by atoms with van der Waals surface area (Å²) in [5.41, 5.74) is 3.31. The quantitative estimate of drug-likeness (QED) is 0.645. The van der Waals surface area contributed by atoms with Crippen molar-refractivity contribution < 1.29 is 10.0 Å². The fourth-order valence-electron chi connectivity index (χ4n) is 2.34. The fourth-order valence-corrected chi connectivity index (χ4v) is 2.34. The van der Waals surface area contributed by atoms with Gasteiger partial charge in [-0.15, -0.1) is 0 Å². The van der Waals surface area contributed by atoms with E-state index in [2.05, 4.69) is 12.1 Å². The Balaban J connectivity index is 1.59. The van der Waals surface area contributed by atoms with Crippen molar-refractivity contribution in [2.24, 2.45) is 5.92 Å². The van der Waals surface area contributed by atoms with Crippen LogP contribution in [0.25, 0.3) is 11.1 Å². The number of hydroxylamine groups is 2. The molecule has 1 fully saturated rings. The smallest absolute Gasteiger partial charge is 0.160 e. The zero-order chi connectivity index (χ0) is 15.4. The van der Waals surface area contributed by atoms with Crippen LogP contribution in [-0.2, 0) is 11.3 Å². The topological polar surface area (TPSA) is 40.5 Å². The molecule has 3 rings (SSSR count). The van der Waals surface area contributed by atoms with Gasteiger partial charge in [-0.1, -0.05) is 54.6 Å². The van der Waals surface area contributed by atoms with Crippen LogP contribution >= 0.6 is 0 Å². The normalized spacial score (nSPS) is 14.2. The van der Waals surface area contributed by atoms with Gasteiger partial charge in [0.15, 0.2) is 5.78 Å². The van der Waals surface area contributed by atoms with Gasteiger partial charge in [0.2, 0.25) is 0 Å². The highest BCUT2D eigenvalue weighted by atomic mass is 16.5. The van der Waals surface area contributed by atoms with E-state index < -0.39 is 0 Å². The lowest BCUT2D eigenvalue weighted by Crippen LogP contribution is -2.12. The lowest BCUT2D eigenvalue weighted by atomic mass is 10.0. The second kappa shape index (κ2) is 6.58. The Morgan fingerprint density at radius 2 is 1.68 bits per heavy atom. The summed E-state index contributed by atoms with van der Waals surface area (Å²) in [7, 11) is 0. The molecule has 0 saturated heterocycles. The number of carbonyl (C=O) groups excluding carboxylic acids is 1. The number of hydrogen-bond donors (Lipinski definition) is 1. The minimum atomic E-state index is 0.110. The summed E-state index contributed by atoms with van der Waals surface area (Å²) >= 11 is 0. The molecule has 0 radical (unpaired) electrons. The summed E-state index contributed by atoms with van der Waals surface area (Å²) in [6.45, 7) is 0.365. The second-order valence-electron chi connectivity index (χ2n) is 5.65. The molecule has 0 heterocycles. The van der Waals surface area contributed by atoms with E-state index in [0.29, 0.717) is 6.54 Å². The molecule has 3 heteroatoms. The molecule has 0 aromatic heterocycles. The molecule has 2 aromatic rings. The van der Waals surface area contributed by atoms with E-state index >= 15 is 0 Å². The van der Waals surface area contributed by atoms with Crippen LogP contribution in [0.1, 0.15) is 18.4 Å². The number of allylic oxidation sites excluding steroid dienone is 1. The van der Waals surface area contributed by atoms with Crippen LogP contribution < -0.4 is 0 Å². The zero-order valence-corrected chi connectivity index (χ0v) is 12.4. The number of benzene rings is 2. The lowest BCUT2D eigenvalue weighted by Gasteiger charge is -2.12. The number of ketones is 1. The second-order valence-corrected chi connectivity index (χ2v) is 5.65. The molecule has 112 valence electrons. The number of hydrogen-bond acceptors (Lipinski definition) is 3. The molecule has 0 amide bonds. The summed E-state index contributed by atoms with van der Waals surface area (Å²) in [5.74, 6) is 0.299. The molecule has 1 N–H and O–H groups in total. The van der Waals surface area contributed by atoms with Crippen molar-refractivity contribution in [1.29, 1.82) is 0 Å². The predicted molar refractivity (Wildman–Crippen MR) is 86.1 cm³/mol. The van der Waals surface area contributed by atoms with E-state index in [1.165, 1.54) is 17.8 Å². The maximum Gasteiger partial charge on any atom is 0.160 e. The van der Waals surface area contributed by atoms with Crippen molar-refractivity contribution in [3.8, 4) is 11.1 Å². The molecule has 3 nitrogen and oxygen atoms in total. The lowest BCUT2D eigenvalue weighted by molar-refractivity contribution is -0.116. The molecule has 2 aromatic carbocycles. The highest BCUT2D eigenvalue weighted by molar-refractivity contribution is 5.93. The van der Waals surface area contributed by atoms with Crippen molar-refractivity contribution in [2.75, 3.05) is 0 Å². The van der Waals surface area contributed by atoms with Gasteiger partial charge in [-0.3, -0.25) is 15.1 Å². The van der Waals surface area contributed by atoms with Crippen LogP contribution in [-0.4, -0.2) is 16.1 Å². The van der Waals surface area contributed by atoms with Crippen molar-refractivity contribution in [3.05, 3.63) is 72.4 Å². The maximum atomic E-state index is 11.5. The molecule has 22 heavy (non-hydrogen) atoms. The first kappa shape index (κ1) is 14.5. The van der Waals surface area contributed by atoms with Crippen LogP contribution in [0.4, 0.5) is 0 Å². The van der Waals surface area contributed by atoms with E-state index in [1.807, 2.05) is 42.5 Å². The van der Waals surface area contributed by atoms with Crippen LogP contribution in [0.2, 0.25) is 0 Å². The van der Waals surface area contributed by atoms with Gasteiger partial charge >= 0.3 is 0 Å². The fraction of sp³-hybridized carbons (Fsp3) is 0.211. The van der Waals surface area contributed by atoms with Crippen LogP contribution in [0.15, 0.2) is 66.9 Å². The minimum Gasteiger partial charge on any atom is -0.294 e. The van der Waals surface area contributed by atoms with Gasteiger partial charge in [0.05, 0.1) is 6.54 Å². The summed E-state index contributed by atoms with van der Waals surface area (Å²) in [5, 5.41) is 10.9. The molecule has 1 aliphatic carbocycles. The Kier molecular flexibility index (Phi) is 4.35. The zero-order valence-electron chi connectivity index (χ0n) is 12.4. The molecule has 1 aliphatic rings. The Morgan fingerprint density at radius 3 is 2.32 bits per heavy atom. The van der Waals surface area contributed by atoms with Crippen molar-refractivity contribution in [2.45, 2.75) is 19.4 Å². The minimum absolute atomic E-state index is 0.110. The maximum absolute atomic E-state index is 11.5. The summed E-state index contributed by atoms with van der Waals surface area (Å²) in [4.78, 5) is 11.5. The Hall–Kier alpha value is -2.39. The number of nitrogens with zero attached hydrogens (tertiary/aromatic N) is 1. The molecular weight excluding hydrogens is 274 g/mol. The van der Waals surface area contributed by atoms with Crippen LogP contribution in [0.5, 0.6) is 0 Å². The van der Waals surface area contributed by atoms with Gasteiger partial charge in [0, 0.05) is 12.1 Å². The highest BCUT2D eigenvalue weighted by Gasteiger charge is 2.27. The monoisotopic (exact) mass is 293 g/mol. The van der Waals surface area contributed by atoms with Gasteiger partial charge in [-0.2, -0.15) is 0 Å².